The second kappa shape index (κ2) is 9.44. The Morgan fingerprint density at radius 2 is 1.74 bits per heavy atom. The van der Waals surface area contributed by atoms with Gasteiger partial charge < -0.3 is 19.0 Å². The average molecular weight is 543 g/mol. The Balaban J connectivity index is 1.53. The van der Waals surface area contributed by atoms with E-state index in [4.69, 9.17) is 13.9 Å². The third-order valence-electron chi connectivity index (χ3n) is 6.11. The Kier molecular flexibility index (Phi) is 6.36. The lowest BCUT2D eigenvalue weighted by Gasteiger charge is -2.26. The number of aliphatic carboxylic acids is 1. The molecule has 1 aliphatic rings. The van der Waals surface area contributed by atoms with Crippen molar-refractivity contribution < 1.29 is 41.8 Å². The lowest BCUT2D eigenvalue weighted by Crippen LogP contribution is -2.43. The maximum atomic E-state index is 13.1. The molecule has 0 unspecified atom stereocenters. The van der Waals surface area contributed by atoms with Crippen molar-refractivity contribution in [2.75, 3.05) is 6.54 Å². The average Bonchev–Trinajstić information content (AvgIpc) is 3.45. The smallest absolute Gasteiger partial charge is 0.416 e. The number of nitrogens with zero attached hydrogens (tertiary/aromatic N) is 3. The van der Waals surface area contributed by atoms with Crippen LogP contribution in [-0.2, 0) is 15.7 Å². The van der Waals surface area contributed by atoms with Gasteiger partial charge in [0.15, 0.2) is 5.82 Å². The predicted molar refractivity (Wildman–Crippen MR) is 133 cm³/mol. The second-order valence-corrected chi connectivity index (χ2v) is 10.2. The summed E-state index contributed by atoms with van der Waals surface area (Å²) >= 11 is 0. The lowest BCUT2D eigenvalue weighted by atomic mass is 10.1. The Morgan fingerprint density at radius 3 is 2.38 bits per heavy atom. The minimum Gasteiger partial charge on any atom is -0.480 e. The standard InChI is InChI=1S/C27H24F3N3O6/c1-26(2,3)39-25(36)33-13-16(12-18(33)24(34)35)37-23-21-20(17-6-4-5-7-19(17)38-21)31-22(32-23)14-8-10-15(11-9-14)27(28,29)30/h4-11,16,18H,12-13H2,1-3H3,(H,34,35)/t16-,18+/m1/s1. The summed E-state index contributed by atoms with van der Waals surface area (Å²) in [5, 5.41) is 10.4. The van der Waals surface area contributed by atoms with Gasteiger partial charge in [-0.1, -0.05) is 24.3 Å². The van der Waals surface area contributed by atoms with Crippen molar-refractivity contribution in [3.8, 4) is 17.3 Å². The number of furan rings is 1. The van der Waals surface area contributed by atoms with E-state index in [2.05, 4.69) is 9.97 Å². The number of hydrogen-bond donors (Lipinski definition) is 1. The van der Waals surface area contributed by atoms with E-state index in [9.17, 15) is 27.9 Å². The third kappa shape index (κ3) is 5.31. The number of carbonyl (C=O) groups is 2. The lowest BCUT2D eigenvalue weighted by molar-refractivity contribution is -0.142. The van der Waals surface area contributed by atoms with Gasteiger partial charge in [0.05, 0.1) is 12.1 Å². The molecule has 4 aromatic rings. The molecule has 12 heteroatoms. The Bertz CT molecular complexity index is 1560. The van der Waals surface area contributed by atoms with E-state index in [1.165, 1.54) is 12.1 Å². The van der Waals surface area contributed by atoms with Crippen molar-refractivity contribution >= 4 is 34.1 Å². The molecule has 39 heavy (non-hydrogen) atoms. The van der Waals surface area contributed by atoms with Gasteiger partial charge in [0.2, 0.25) is 5.58 Å². The van der Waals surface area contributed by atoms with E-state index < -0.39 is 41.5 Å². The fourth-order valence-corrected chi connectivity index (χ4v) is 4.38. The number of carboxylic acids is 1. The number of para-hydroxylation sites is 1. The van der Waals surface area contributed by atoms with E-state index >= 15 is 0 Å². The minimum absolute atomic E-state index is 0.0220. The maximum Gasteiger partial charge on any atom is 0.416 e. The van der Waals surface area contributed by atoms with Crippen molar-refractivity contribution in [1.82, 2.24) is 14.9 Å². The number of alkyl halides is 3. The summed E-state index contributed by atoms with van der Waals surface area (Å²) in [5.74, 6) is -1.14. The molecule has 0 aliphatic carbocycles. The number of aromatic nitrogens is 2. The number of carbonyl (C=O) groups excluding carboxylic acids is 1. The molecule has 1 N–H and O–H groups in total. The molecule has 0 bridgehead atoms. The monoisotopic (exact) mass is 543 g/mol. The number of benzene rings is 2. The van der Waals surface area contributed by atoms with Crippen LogP contribution in [0.15, 0.2) is 52.9 Å². The molecule has 1 fully saturated rings. The molecule has 5 rings (SSSR count). The van der Waals surface area contributed by atoms with E-state index in [0.29, 0.717) is 22.0 Å². The highest BCUT2D eigenvalue weighted by molar-refractivity contribution is 6.04. The number of fused-ring (bicyclic) bond motifs is 3. The fraction of sp³-hybridized carbons (Fsp3) is 0.333. The Labute approximate surface area is 220 Å². The number of halogens is 3. The highest BCUT2D eigenvalue weighted by atomic mass is 19.4. The molecule has 3 heterocycles. The Hall–Kier alpha value is -4.35. The van der Waals surface area contributed by atoms with Crippen LogP contribution in [0.4, 0.5) is 18.0 Å². The van der Waals surface area contributed by atoms with Gasteiger partial charge in [0.1, 0.15) is 28.8 Å². The van der Waals surface area contributed by atoms with Crippen molar-refractivity contribution in [3.63, 3.8) is 0 Å². The molecule has 204 valence electrons. The summed E-state index contributed by atoms with van der Waals surface area (Å²) in [6, 6.07) is 10.2. The minimum atomic E-state index is -4.50. The van der Waals surface area contributed by atoms with Crippen LogP contribution in [0, 0.1) is 0 Å². The number of amides is 1. The first-order chi connectivity index (χ1) is 18.3. The molecule has 1 saturated heterocycles. The van der Waals surface area contributed by atoms with E-state index in [0.717, 1.165) is 17.0 Å². The van der Waals surface area contributed by atoms with E-state index in [1.807, 2.05) is 0 Å². The summed E-state index contributed by atoms with van der Waals surface area (Å²) in [5.41, 5.74) is -0.281. The first-order valence-electron chi connectivity index (χ1n) is 12.1. The van der Waals surface area contributed by atoms with Gasteiger partial charge >= 0.3 is 18.2 Å². The fourth-order valence-electron chi connectivity index (χ4n) is 4.38. The van der Waals surface area contributed by atoms with E-state index in [1.54, 1.807) is 45.0 Å². The van der Waals surface area contributed by atoms with Crippen LogP contribution in [0.25, 0.3) is 33.5 Å². The van der Waals surface area contributed by atoms with Crippen LogP contribution in [0.3, 0.4) is 0 Å². The zero-order valence-corrected chi connectivity index (χ0v) is 21.2. The molecule has 2 atom stereocenters. The summed E-state index contributed by atoms with van der Waals surface area (Å²) < 4.78 is 56.7. The highest BCUT2D eigenvalue weighted by Crippen LogP contribution is 2.37. The van der Waals surface area contributed by atoms with Crippen LogP contribution in [-0.4, -0.2) is 56.3 Å². The van der Waals surface area contributed by atoms with Crippen molar-refractivity contribution in [3.05, 3.63) is 54.1 Å². The van der Waals surface area contributed by atoms with Gasteiger partial charge in [-0.05, 0) is 45.0 Å². The van der Waals surface area contributed by atoms with Crippen LogP contribution in [0.5, 0.6) is 5.88 Å². The van der Waals surface area contributed by atoms with Gasteiger partial charge in [-0.15, -0.1) is 0 Å². The number of carboxylic acid groups (broad SMARTS) is 1. The molecule has 1 amide bonds. The SMILES string of the molecule is CC(C)(C)OC(=O)N1C[C@H](Oc2nc(-c3ccc(C(F)(F)F)cc3)nc3c2oc2ccccc23)C[C@H]1C(=O)O. The summed E-state index contributed by atoms with van der Waals surface area (Å²) in [4.78, 5) is 34.7. The summed E-state index contributed by atoms with van der Waals surface area (Å²) in [6.45, 7) is 4.93. The Morgan fingerprint density at radius 1 is 1.05 bits per heavy atom. The van der Waals surface area contributed by atoms with Crippen LogP contribution < -0.4 is 4.74 Å². The maximum absolute atomic E-state index is 13.1. The van der Waals surface area contributed by atoms with Crippen molar-refractivity contribution in [2.24, 2.45) is 0 Å². The quantitative estimate of drug-likeness (QED) is 0.338. The highest BCUT2D eigenvalue weighted by Gasteiger charge is 2.43. The number of hydrogen-bond acceptors (Lipinski definition) is 7. The molecule has 0 spiro atoms. The van der Waals surface area contributed by atoms with Crippen LogP contribution in [0.2, 0.25) is 0 Å². The third-order valence-corrected chi connectivity index (χ3v) is 6.11. The second-order valence-electron chi connectivity index (χ2n) is 10.2. The molecule has 1 aliphatic heterocycles. The molecular formula is C27H24F3N3O6. The number of likely N-dealkylation sites (tertiary alicyclic amines) is 1. The topological polar surface area (TPSA) is 115 Å². The van der Waals surface area contributed by atoms with Gasteiger partial charge in [-0.25, -0.2) is 14.6 Å². The molecule has 9 nitrogen and oxygen atoms in total. The number of rotatable bonds is 4. The van der Waals surface area contributed by atoms with Crippen LogP contribution >= 0.6 is 0 Å². The van der Waals surface area contributed by atoms with Crippen LogP contribution in [0.1, 0.15) is 32.8 Å². The first kappa shape index (κ1) is 26.3. The first-order valence-corrected chi connectivity index (χ1v) is 12.1. The molecule has 0 saturated carbocycles. The van der Waals surface area contributed by atoms with E-state index in [-0.39, 0.29) is 30.3 Å². The zero-order valence-electron chi connectivity index (χ0n) is 21.2. The van der Waals surface area contributed by atoms with Gasteiger partial charge in [-0.2, -0.15) is 18.2 Å². The summed E-state index contributed by atoms with van der Waals surface area (Å²) in [7, 11) is 0. The predicted octanol–water partition coefficient (Wildman–Crippen LogP) is 5.90. The molecule has 0 radical (unpaired) electrons. The number of ether oxygens (including phenoxy) is 2. The largest absolute Gasteiger partial charge is 0.480 e. The van der Waals surface area contributed by atoms with Crippen molar-refractivity contribution in [1.29, 1.82) is 0 Å². The normalized spacial score (nSPS) is 18.1. The van der Waals surface area contributed by atoms with Crippen molar-refractivity contribution in [2.45, 2.75) is 51.1 Å². The van der Waals surface area contributed by atoms with Gasteiger partial charge in [0, 0.05) is 17.4 Å². The van der Waals surface area contributed by atoms with Gasteiger partial charge in [-0.3, -0.25) is 4.90 Å². The molecular weight excluding hydrogens is 519 g/mol. The van der Waals surface area contributed by atoms with Gasteiger partial charge in [0.25, 0.3) is 5.88 Å². The molecule has 2 aromatic heterocycles. The zero-order chi connectivity index (χ0) is 28.1. The summed E-state index contributed by atoms with van der Waals surface area (Å²) in [6.07, 6.45) is -6.12. The molecule has 2 aromatic carbocycles.